The largest absolute Gasteiger partial charge is 0.306 e. The Morgan fingerprint density at radius 1 is 1.28 bits per heavy atom. The van der Waals surface area contributed by atoms with Crippen molar-refractivity contribution in [1.29, 1.82) is 0 Å². The molecule has 0 saturated heterocycles. The highest BCUT2D eigenvalue weighted by molar-refractivity contribution is 5.80. The Labute approximate surface area is 106 Å². The van der Waals surface area contributed by atoms with Crippen LogP contribution in [0, 0.1) is 5.92 Å². The van der Waals surface area contributed by atoms with Crippen LogP contribution in [-0.2, 0) is 11.3 Å². The second kappa shape index (κ2) is 7.93. The van der Waals surface area contributed by atoms with Gasteiger partial charge in [-0.15, -0.1) is 0 Å². The number of benzene rings is 1. The van der Waals surface area contributed by atoms with Gasteiger partial charge in [0, 0.05) is 19.4 Å². The van der Waals surface area contributed by atoms with Crippen LogP contribution in [0.3, 0.4) is 0 Å². The van der Waals surface area contributed by atoms with Gasteiger partial charge in [-0.2, -0.15) is 0 Å². The average Bonchev–Trinajstić information content (AvgIpc) is 2.29. The topological polar surface area (TPSA) is 29.1 Å². The lowest BCUT2D eigenvalue weighted by molar-refractivity contribution is -0.119. The number of hydrogen-bond acceptors (Lipinski definition) is 2. The van der Waals surface area contributed by atoms with Crippen LogP contribution in [0.4, 0.5) is 8.78 Å². The molecule has 1 atom stereocenters. The minimum Gasteiger partial charge on any atom is -0.306 e. The van der Waals surface area contributed by atoms with Gasteiger partial charge in [0.1, 0.15) is 5.78 Å². The second-order valence-corrected chi connectivity index (χ2v) is 4.56. The number of carbonyl (C=O) groups excluding carboxylic acids is 1. The van der Waals surface area contributed by atoms with E-state index in [1.807, 2.05) is 30.3 Å². The Morgan fingerprint density at radius 3 is 2.56 bits per heavy atom. The van der Waals surface area contributed by atoms with E-state index in [4.69, 9.17) is 0 Å². The number of Topliss-reactive ketones (excluding diaryl/α,β-unsaturated/α-hetero) is 1. The number of hydrogen-bond donors (Lipinski definition) is 1. The van der Waals surface area contributed by atoms with Gasteiger partial charge in [0.15, 0.2) is 0 Å². The highest BCUT2D eigenvalue weighted by atomic mass is 19.3. The van der Waals surface area contributed by atoms with E-state index in [0.29, 0.717) is 6.54 Å². The van der Waals surface area contributed by atoms with Gasteiger partial charge in [0.2, 0.25) is 6.43 Å². The van der Waals surface area contributed by atoms with E-state index >= 15 is 0 Å². The molecule has 0 aliphatic heterocycles. The number of alkyl halides is 2. The van der Waals surface area contributed by atoms with Crippen LogP contribution in [0.1, 0.15) is 25.3 Å². The third kappa shape index (κ3) is 6.45. The first-order chi connectivity index (χ1) is 8.58. The molecule has 18 heavy (non-hydrogen) atoms. The standard InChI is InChI=1S/C14H19F2NO/c1-11(8-14(15)16)7-13(18)10-17-9-12-5-3-2-4-6-12/h2-6,11,14,17H,7-10H2,1H3. The van der Waals surface area contributed by atoms with Crippen molar-refractivity contribution in [2.75, 3.05) is 6.54 Å². The van der Waals surface area contributed by atoms with Gasteiger partial charge in [-0.25, -0.2) is 8.78 Å². The molecular formula is C14H19F2NO. The summed E-state index contributed by atoms with van der Waals surface area (Å²) >= 11 is 0. The maximum atomic E-state index is 12.1. The van der Waals surface area contributed by atoms with E-state index in [0.717, 1.165) is 5.56 Å². The summed E-state index contributed by atoms with van der Waals surface area (Å²) in [4.78, 5) is 11.5. The van der Waals surface area contributed by atoms with Gasteiger partial charge in [-0.05, 0) is 11.5 Å². The number of rotatable bonds is 8. The van der Waals surface area contributed by atoms with Gasteiger partial charge in [0.25, 0.3) is 0 Å². The fourth-order valence-electron chi connectivity index (χ4n) is 1.79. The Bertz CT molecular complexity index is 354. The zero-order valence-corrected chi connectivity index (χ0v) is 10.5. The van der Waals surface area contributed by atoms with Crippen molar-refractivity contribution in [2.24, 2.45) is 5.92 Å². The van der Waals surface area contributed by atoms with Crippen molar-refractivity contribution < 1.29 is 13.6 Å². The summed E-state index contributed by atoms with van der Waals surface area (Å²) in [6.07, 6.45) is -2.32. The smallest absolute Gasteiger partial charge is 0.238 e. The van der Waals surface area contributed by atoms with Gasteiger partial charge >= 0.3 is 0 Å². The maximum absolute atomic E-state index is 12.1. The van der Waals surface area contributed by atoms with Crippen LogP contribution >= 0.6 is 0 Å². The van der Waals surface area contributed by atoms with E-state index in [-0.39, 0.29) is 31.1 Å². The third-order valence-electron chi connectivity index (χ3n) is 2.65. The number of ketones is 1. The minimum absolute atomic E-state index is 0.0147. The molecular weight excluding hydrogens is 236 g/mol. The van der Waals surface area contributed by atoms with Crippen LogP contribution < -0.4 is 5.32 Å². The maximum Gasteiger partial charge on any atom is 0.238 e. The summed E-state index contributed by atoms with van der Waals surface area (Å²) in [7, 11) is 0. The summed E-state index contributed by atoms with van der Waals surface area (Å²) in [5.41, 5.74) is 1.10. The van der Waals surface area contributed by atoms with E-state index in [1.165, 1.54) is 0 Å². The lowest BCUT2D eigenvalue weighted by Crippen LogP contribution is -2.24. The van der Waals surface area contributed by atoms with E-state index < -0.39 is 6.43 Å². The Hall–Kier alpha value is -1.29. The molecule has 0 spiro atoms. The molecule has 0 fully saturated rings. The van der Waals surface area contributed by atoms with Crippen molar-refractivity contribution in [3.05, 3.63) is 35.9 Å². The van der Waals surface area contributed by atoms with Crippen LogP contribution in [0.15, 0.2) is 30.3 Å². The van der Waals surface area contributed by atoms with E-state index in [2.05, 4.69) is 5.32 Å². The molecule has 1 unspecified atom stereocenters. The highest BCUT2D eigenvalue weighted by Gasteiger charge is 2.13. The number of halogens is 2. The highest BCUT2D eigenvalue weighted by Crippen LogP contribution is 2.13. The molecule has 1 aromatic carbocycles. The van der Waals surface area contributed by atoms with Gasteiger partial charge < -0.3 is 5.32 Å². The fourth-order valence-corrected chi connectivity index (χ4v) is 1.79. The Morgan fingerprint density at radius 2 is 1.94 bits per heavy atom. The minimum atomic E-state index is -2.33. The summed E-state index contributed by atoms with van der Waals surface area (Å²) in [5.74, 6) is -0.268. The zero-order valence-electron chi connectivity index (χ0n) is 10.5. The molecule has 2 nitrogen and oxygen atoms in total. The van der Waals surface area contributed by atoms with E-state index in [9.17, 15) is 13.6 Å². The van der Waals surface area contributed by atoms with Gasteiger partial charge in [-0.3, -0.25) is 4.79 Å². The SMILES string of the molecule is CC(CC(=O)CNCc1ccccc1)CC(F)F. The van der Waals surface area contributed by atoms with Gasteiger partial charge in [0.05, 0.1) is 6.54 Å². The normalized spacial score (nSPS) is 12.7. The first-order valence-electron chi connectivity index (χ1n) is 6.12. The predicted molar refractivity (Wildman–Crippen MR) is 67.6 cm³/mol. The average molecular weight is 255 g/mol. The van der Waals surface area contributed by atoms with Crippen molar-refractivity contribution in [3.63, 3.8) is 0 Å². The molecule has 0 radical (unpaired) electrons. The lowest BCUT2D eigenvalue weighted by atomic mass is 10.0. The van der Waals surface area contributed by atoms with Crippen molar-refractivity contribution in [1.82, 2.24) is 5.32 Å². The molecule has 1 aromatic rings. The quantitative estimate of drug-likeness (QED) is 0.773. The summed E-state index contributed by atoms with van der Waals surface area (Å²) in [6, 6.07) is 9.74. The molecule has 1 N–H and O–H groups in total. The molecule has 0 amide bonds. The molecule has 0 aliphatic carbocycles. The van der Waals surface area contributed by atoms with Crippen molar-refractivity contribution in [2.45, 2.75) is 32.7 Å². The molecule has 0 bridgehead atoms. The molecule has 0 saturated carbocycles. The molecule has 0 aromatic heterocycles. The first-order valence-corrected chi connectivity index (χ1v) is 6.12. The fraction of sp³-hybridized carbons (Fsp3) is 0.500. The predicted octanol–water partition coefficient (Wildman–Crippen LogP) is 3.03. The van der Waals surface area contributed by atoms with Crippen LogP contribution in [0.5, 0.6) is 0 Å². The Kier molecular flexibility index (Phi) is 6.50. The van der Waals surface area contributed by atoms with Crippen LogP contribution in [0.2, 0.25) is 0 Å². The van der Waals surface area contributed by atoms with Crippen LogP contribution in [0.25, 0.3) is 0 Å². The molecule has 0 heterocycles. The Balaban J connectivity index is 2.17. The zero-order chi connectivity index (χ0) is 13.4. The molecule has 0 aliphatic rings. The summed E-state index contributed by atoms with van der Waals surface area (Å²) in [5, 5.41) is 3.02. The van der Waals surface area contributed by atoms with Gasteiger partial charge in [-0.1, -0.05) is 37.3 Å². The van der Waals surface area contributed by atoms with Crippen molar-refractivity contribution >= 4 is 5.78 Å². The summed E-state index contributed by atoms with van der Waals surface area (Å²) < 4.78 is 24.2. The van der Waals surface area contributed by atoms with Crippen LogP contribution in [-0.4, -0.2) is 18.8 Å². The summed E-state index contributed by atoms with van der Waals surface area (Å²) in [6.45, 7) is 2.54. The molecule has 100 valence electrons. The third-order valence-corrected chi connectivity index (χ3v) is 2.65. The van der Waals surface area contributed by atoms with Crippen molar-refractivity contribution in [3.8, 4) is 0 Å². The molecule has 1 rings (SSSR count). The molecule has 4 heteroatoms. The van der Waals surface area contributed by atoms with E-state index in [1.54, 1.807) is 6.92 Å². The monoisotopic (exact) mass is 255 g/mol. The second-order valence-electron chi connectivity index (χ2n) is 4.56. The number of nitrogens with one attached hydrogen (secondary N) is 1. The number of carbonyl (C=O) groups is 1. The lowest BCUT2D eigenvalue weighted by Gasteiger charge is -2.10. The first kappa shape index (κ1) is 14.8.